The van der Waals surface area contributed by atoms with E-state index in [4.69, 9.17) is 16.3 Å². The second-order valence-corrected chi connectivity index (χ2v) is 11.9. The Morgan fingerprint density at radius 2 is 1.55 bits per heavy atom. The van der Waals surface area contributed by atoms with Crippen LogP contribution >= 0.6 is 11.6 Å². The Hall–Kier alpha value is -3.98. The van der Waals surface area contributed by atoms with Crippen LogP contribution in [0.3, 0.4) is 0 Å². The molecule has 0 bridgehead atoms. The first-order valence-corrected chi connectivity index (χ1v) is 14.3. The largest absolute Gasteiger partial charge is 0.480 e. The van der Waals surface area contributed by atoms with Crippen molar-refractivity contribution in [2.45, 2.75) is 29.3 Å². The number of halogens is 1. The van der Waals surface area contributed by atoms with E-state index < -0.39 is 33.4 Å². The molecule has 1 N–H and O–H groups in total. The second kappa shape index (κ2) is 10.9. The van der Waals surface area contributed by atoms with Crippen molar-refractivity contribution in [3.63, 3.8) is 0 Å². The Kier molecular flexibility index (Phi) is 7.51. The van der Waals surface area contributed by atoms with Crippen LogP contribution in [-0.2, 0) is 26.1 Å². The van der Waals surface area contributed by atoms with Crippen LogP contribution in [0, 0.1) is 0 Å². The van der Waals surface area contributed by atoms with E-state index in [0.717, 1.165) is 21.0 Å². The molecule has 1 aliphatic rings. The molecule has 1 aliphatic carbocycles. The van der Waals surface area contributed by atoms with E-state index in [9.17, 15) is 23.1 Å². The van der Waals surface area contributed by atoms with Crippen molar-refractivity contribution in [3.8, 4) is 11.1 Å². The highest BCUT2D eigenvalue weighted by molar-refractivity contribution is 7.89. The van der Waals surface area contributed by atoms with Gasteiger partial charge in [-0.05, 0) is 65.1 Å². The van der Waals surface area contributed by atoms with Crippen LogP contribution < -0.4 is 0 Å². The fourth-order valence-corrected chi connectivity index (χ4v) is 6.95. The molecule has 0 aliphatic heterocycles. The molecule has 0 spiro atoms. The number of carbonyl (C=O) groups is 2. The van der Waals surface area contributed by atoms with Gasteiger partial charge in [-0.15, -0.1) is 0 Å². The first-order chi connectivity index (χ1) is 19.2. The highest BCUT2D eigenvalue weighted by Gasteiger charge is 2.67. The number of rotatable bonds is 9. The van der Waals surface area contributed by atoms with E-state index in [2.05, 4.69) is 0 Å². The molecule has 204 valence electrons. The van der Waals surface area contributed by atoms with Crippen LogP contribution in [-0.4, -0.2) is 42.4 Å². The van der Waals surface area contributed by atoms with Crippen LogP contribution in [0.4, 0.5) is 0 Å². The van der Waals surface area contributed by atoms with Gasteiger partial charge in [0.1, 0.15) is 5.54 Å². The van der Waals surface area contributed by atoms with Crippen LogP contribution in [0.1, 0.15) is 33.8 Å². The first-order valence-electron chi connectivity index (χ1n) is 12.5. The topological polar surface area (TPSA) is 101 Å². The summed E-state index contributed by atoms with van der Waals surface area (Å²) < 4.78 is 34.3. The van der Waals surface area contributed by atoms with Gasteiger partial charge in [-0.2, -0.15) is 4.31 Å². The quantitative estimate of drug-likeness (QED) is 0.246. The van der Waals surface area contributed by atoms with Gasteiger partial charge in [0, 0.05) is 17.5 Å². The molecule has 0 amide bonds. The zero-order valence-electron chi connectivity index (χ0n) is 21.5. The minimum absolute atomic E-state index is 0.0336. The molecular formula is C31H26ClNO6S. The summed E-state index contributed by atoms with van der Waals surface area (Å²) in [6, 6.07) is 28.9. The summed E-state index contributed by atoms with van der Waals surface area (Å²) in [6.45, 7) is -0.248. The molecule has 0 unspecified atom stereocenters. The highest BCUT2D eigenvalue weighted by Crippen LogP contribution is 2.57. The minimum Gasteiger partial charge on any atom is -0.480 e. The number of hydrogen-bond donors (Lipinski definition) is 1. The number of nitrogens with zero attached hydrogens (tertiary/aromatic N) is 1. The molecule has 1 saturated carbocycles. The lowest BCUT2D eigenvalue weighted by Crippen LogP contribution is -2.48. The van der Waals surface area contributed by atoms with Gasteiger partial charge in [-0.3, -0.25) is 4.79 Å². The van der Waals surface area contributed by atoms with Crippen molar-refractivity contribution in [3.05, 3.63) is 125 Å². The number of hydrogen-bond acceptors (Lipinski definition) is 5. The van der Waals surface area contributed by atoms with Gasteiger partial charge in [-0.1, -0.05) is 78.3 Å². The molecule has 40 heavy (non-hydrogen) atoms. The van der Waals surface area contributed by atoms with Gasteiger partial charge in [0.25, 0.3) is 0 Å². The van der Waals surface area contributed by atoms with Crippen molar-refractivity contribution in [1.29, 1.82) is 0 Å². The molecule has 2 atom stereocenters. The van der Waals surface area contributed by atoms with Crippen LogP contribution in [0.25, 0.3) is 11.1 Å². The third kappa shape index (κ3) is 5.13. The number of benzene rings is 4. The molecule has 4 aromatic rings. The van der Waals surface area contributed by atoms with Crippen molar-refractivity contribution < 1.29 is 27.9 Å². The number of esters is 1. The molecule has 9 heteroatoms. The van der Waals surface area contributed by atoms with E-state index in [-0.39, 0.29) is 23.4 Å². The number of carboxylic acid groups (broad SMARTS) is 1. The van der Waals surface area contributed by atoms with E-state index in [1.54, 1.807) is 66.7 Å². The number of aliphatic carboxylic acids is 1. The molecule has 0 radical (unpaired) electrons. The summed E-state index contributed by atoms with van der Waals surface area (Å²) in [5.74, 6) is -2.35. The summed E-state index contributed by atoms with van der Waals surface area (Å²) in [5.41, 5.74) is 1.39. The van der Waals surface area contributed by atoms with Gasteiger partial charge in [0.15, 0.2) is 0 Å². The van der Waals surface area contributed by atoms with Gasteiger partial charge < -0.3 is 9.84 Å². The Bertz CT molecular complexity index is 1660. The molecule has 0 heterocycles. The predicted octanol–water partition coefficient (Wildman–Crippen LogP) is 6.00. The summed E-state index contributed by atoms with van der Waals surface area (Å²) >= 11 is 5.99. The number of ether oxygens (including phenoxy) is 1. The smallest absolute Gasteiger partial charge is 0.337 e. The molecule has 4 aromatic carbocycles. The summed E-state index contributed by atoms with van der Waals surface area (Å²) in [4.78, 5) is 25.0. The zero-order chi connectivity index (χ0) is 28.5. The SMILES string of the molecule is COC(=O)c1cccc(CN([C@]2(C(=O)O)C[C@@H]2c2ccccc2)S(=O)(=O)c2ccc(-c3ccc(Cl)cc3)cc2)c1. The van der Waals surface area contributed by atoms with Gasteiger partial charge >= 0.3 is 11.9 Å². The number of methoxy groups -OCH3 is 1. The molecule has 7 nitrogen and oxygen atoms in total. The Morgan fingerprint density at radius 1 is 0.925 bits per heavy atom. The molecule has 1 fully saturated rings. The lowest BCUT2D eigenvalue weighted by Gasteiger charge is -2.30. The third-order valence-corrected chi connectivity index (χ3v) is 9.40. The van der Waals surface area contributed by atoms with Gasteiger partial charge in [-0.25, -0.2) is 13.2 Å². The number of carboxylic acids is 1. The lowest BCUT2D eigenvalue weighted by molar-refractivity contribution is -0.143. The third-order valence-electron chi connectivity index (χ3n) is 7.24. The summed E-state index contributed by atoms with van der Waals surface area (Å²) in [6.07, 6.45) is 0.116. The first kappa shape index (κ1) is 27.6. The standard InChI is InChI=1S/C31H26ClNO6S/c1-39-29(34)25-9-5-6-21(18-25)20-33(31(30(35)36)19-28(31)24-7-3-2-4-8-24)40(37,38)27-16-12-23(13-17-27)22-10-14-26(32)15-11-22/h2-18,28H,19-20H2,1H3,(H,35,36)/t28-,31-/m1/s1. The number of carbonyl (C=O) groups excluding carboxylic acids is 1. The second-order valence-electron chi connectivity index (χ2n) is 9.63. The van der Waals surface area contributed by atoms with Gasteiger partial charge in [0.05, 0.1) is 17.6 Å². The minimum atomic E-state index is -4.31. The van der Waals surface area contributed by atoms with Crippen molar-refractivity contribution in [2.24, 2.45) is 0 Å². The van der Waals surface area contributed by atoms with Crippen LogP contribution in [0.5, 0.6) is 0 Å². The molecule has 0 aromatic heterocycles. The molecular weight excluding hydrogens is 550 g/mol. The fourth-order valence-electron chi connectivity index (χ4n) is 5.06. The zero-order valence-corrected chi connectivity index (χ0v) is 23.1. The van der Waals surface area contributed by atoms with Crippen molar-refractivity contribution in [1.82, 2.24) is 4.31 Å². The predicted molar refractivity (Wildman–Crippen MR) is 152 cm³/mol. The molecule has 5 rings (SSSR count). The maximum atomic E-state index is 14.2. The van der Waals surface area contributed by atoms with Crippen LogP contribution in [0.15, 0.2) is 108 Å². The Balaban J connectivity index is 1.58. The Morgan fingerprint density at radius 3 is 2.15 bits per heavy atom. The van der Waals surface area contributed by atoms with E-state index in [1.165, 1.54) is 25.3 Å². The summed E-state index contributed by atoms with van der Waals surface area (Å²) in [5, 5.41) is 11.1. The average Bonchev–Trinajstić information content (AvgIpc) is 3.73. The van der Waals surface area contributed by atoms with Crippen molar-refractivity contribution >= 4 is 33.6 Å². The normalized spacial score (nSPS) is 18.3. The maximum Gasteiger partial charge on any atom is 0.337 e. The van der Waals surface area contributed by atoms with Gasteiger partial charge in [0.2, 0.25) is 10.0 Å². The van der Waals surface area contributed by atoms with E-state index >= 15 is 0 Å². The lowest BCUT2D eigenvalue weighted by atomic mass is 10.1. The van der Waals surface area contributed by atoms with Crippen molar-refractivity contribution in [2.75, 3.05) is 7.11 Å². The Labute approximate surface area is 237 Å². The monoisotopic (exact) mass is 575 g/mol. The number of sulfonamides is 1. The maximum absolute atomic E-state index is 14.2. The van der Waals surface area contributed by atoms with E-state index in [0.29, 0.717) is 10.6 Å². The molecule has 0 saturated heterocycles. The fraction of sp³-hybridized carbons (Fsp3) is 0.161. The highest BCUT2D eigenvalue weighted by atomic mass is 35.5. The average molecular weight is 576 g/mol. The van der Waals surface area contributed by atoms with Crippen LogP contribution in [0.2, 0.25) is 5.02 Å². The van der Waals surface area contributed by atoms with E-state index in [1.807, 2.05) is 18.2 Å². The summed E-state index contributed by atoms with van der Waals surface area (Å²) in [7, 11) is -3.05.